The predicted octanol–water partition coefficient (Wildman–Crippen LogP) is 2.50. The van der Waals surface area contributed by atoms with E-state index in [1.165, 1.54) is 15.1 Å². The molecule has 0 spiro atoms. The van der Waals surface area contributed by atoms with Crippen molar-refractivity contribution in [3.05, 3.63) is 53.7 Å². The van der Waals surface area contributed by atoms with Gasteiger partial charge in [-0.05, 0) is 68.0 Å². The lowest BCUT2D eigenvalue weighted by atomic mass is 10.1. The molecule has 2 aromatic carbocycles. The van der Waals surface area contributed by atoms with Gasteiger partial charge < -0.3 is 19.8 Å². The monoisotopic (exact) mass is 536 g/mol. The number of thiazole rings is 1. The number of likely N-dealkylation sites (N-methyl/N-ethyl adjacent to an activating group) is 1. The van der Waals surface area contributed by atoms with Gasteiger partial charge in [0.25, 0.3) is 11.6 Å². The van der Waals surface area contributed by atoms with Gasteiger partial charge in [-0.1, -0.05) is 10.7 Å². The molecule has 0 aliphatic carbocycles. The number of nitrogens with one attached hydrogen (secondary N) is 1. The molecule has 1 atom stereocenters. The van der Waals surface area contributed by atoms with Crippen molar-refractivity contribution in [1.82, 2.24) is 20.1 Å². The zero-order valence-electron chi connectivity index (χ0n) is 20.4. The normalized spacial score (nSPS) is 15.7. The maximum atomic E-state index is 13.0. The topological polar surface area (TPSA) is 119 Å². The summed E-state index contributed by atoms with van der Waals surface area (Å²) in [5.74, 6) is -1.24. The van der Waals surface area contributed by atoms with Crippen LogP contribution in [-0.4, -0.2) is 49.6 Å². The van der Waals surface area contributed by atoms with Crippen molar-refractivity contribution in [2.75, 3.05) is 11.9 Å². The fraction of sp³-hybridized carbons (Fsp3) is 0.280. The minimum Gasteiger partial charge on any atom is -0.539 e. The largest absolute Gasteiger partial charge is 0.539 e. The van der Waals surface area contributed by atoms with Crippen molar-refractivity contribution in [2.24, 2.45) is 7.05 Å². The fourth-order valence-electron chi connectivity index (χ4n) is 4.26. The van der Waals surface area contributed by atoms with Crippen LogP contribution < -0.4 is 15.1 Å². The second-order valence-electron chi connectivity index (χ2n) is 8.76. The molecular weight excluding hydrogens is 512 g/mol. The molecule has 4 aromatic rings. The Kier molecular flexibility index (Phi) is 6.61. The lowest BCUT2D eigenvalue weighted by molar-refractivity contribution is -0.746. The molecule has 3 heterocycles. The number of fused-ring (bicyclic) bond motifs is 1. The van der Waals surface area contributed by atoms with E-state index < -0.39 is 12.0 Å². The van der Waals surface area contributed by atoms with Crippen LogP contribution in [0.2, 0.25) is 0 Å². The van der Waals surface area contributed by atoms with Crippen molar-refractivity contribution >= 4 is 56.4 Å². The van der Waals surface area contributed by atoms with E-state index in [4.69, 9.17) is 17.2 Å². The Hall–Kier alpha value is -3.90. The van der Waals surface area contributed by atoms with Crippen molar-refractivity contribution in [3.8, 4) is 16.5 Å². The van der Waals surface area contributed by atoms with Crippen LogP contribution in [0.25, 0.3) is 20.8 Å². The van der Waals surface area contributed by atoms with E-state index in [1.54, 1.807) is 30.2 Å². The quantitative estimate of drug-likeness (QED) is 0.283. The molecule has 1 aliphatic rings. The minimum atomic E-state index is -0.841. The molecule has 1 unspecified atom stereocenters. The third-order valence-corrected chi connectivity index (χ3v) is 7.77. The summed E-state index contributed by atoms with van der Waals surface area (Å²) in [4.78, 5) is 33.7. The number of nitrogens with zero attached hydrogens (tertiary/aromatic N) is 5. The van der Waals surface area contributed by atoms with Crippen LogP contribution in [0.3, 0.4) is 0 Å². The van der Waals surface area contributed by atoms with E-state index in [2.05, 4.69) is 28.1 Å². The van der Waals surface area contributed by atoms with E-state index in [-0.39, 0.29) is 35.6 Å². The average Bonchev–Trinajstić information content (AvgIpc) is 3.50. The first-order valence-electron chi connectivity index (χ1n) is 11.7. The number of hydrogen-bond donors (Lipinski definition) is 1. The number of carbonyl (C=O) groups is 2. The molecule has 2 amide bonds. The van der Waals surface area contributed by atoms with Crippen LogP contribution in [0.5, 0.6) is 5.95 Å². The molecule has 1 N–H and O–H groups in total. The van der Waals surface area contributed by atoms with E-state index >= 15 is 0 Å². The van der Waals surface area contributed by atoms with Crippen molar-refractivity contribution < 1.29 is 23.9 Å². The van der Waals surface area contributed by atoms with Gasteiger partial charge in [0.1, 0.15) is 17.6 Å². The predicted molar refractivity (Wildman–Crippen MR) is 139 cm³/mol. The maximum Gasteiger partial charge on any atom is 0.252 e. The Balaban J connectivity index is 1.29. The van der Waals surface area contributed by atoms with Gasteiger partial charge in [0.05, 0.1) is 21.9 Å². The number of amides is 2. The number of benzene rings is 2. The molecule has 190 valence electrons. The van der Waals surface area contributed by atoms with Gasteiger partial charge in [-0.3, -0.25) is 14.5 Å². The van der Waals surface area contributed by atoms with Crippen molar-refractivity contribution in [2.45, 2.75) is 32.9 Å². The number of aromatic nitrogens is 3. The van der Waals surface area contributed by atoms with Crippen molar-refractivity contribution in [3.63, 3.8) is 0 Å². The Morgan fingerprint density at radius 1 is 1.27 bits per heavy atom. The zero-order valence-corrected chi connectivity index (χ0v) is 22.1. The molecule has 10 nitrogen and oxygen atoms in total. The number of hydrogen-bond acceptors (Lipinski definition) is 8. The second-order valence-corrected chi connectivity index (χ2v) is 10.2. The van der Waals surface area contributed by atoms with Gasteiger partial charge in [-0.15, -0.1) is 11.3 Å². The SMILES string of the molecule is CCN1C(=O)C(CC(=O)Nc2ccc(-c3nc4ccc(C)cc4s3)cc2)N(Cc2c([O-])on[n+]2C)C1=S. The third kappa shape index (κ3) is 4.77. The molecule has 0 bridgehead atoms. The van der Waals surface area contributed by atoms with E-state index in [9.17, 15) is 14.7 Å². The first-order valence-corrected chi connectivity index (χ1v) is 12.9. The summed E-state index contributed by atoms with van der Waals surface area (Å²) in [5, 5.41) is 19.7. The molecule has 0 radical (unpaired) electrons. The van der Waals surface area contributed by atoms with E-state index in [1.807, 2.05) is 36.4 Å². The van der Waals surface area contributed by atoms with E-state index in [0.717, 1.165) is 20.8 Å². The van der Waals surface area contributed by atoms with Crippen molar-refractivity contribution in [1.29, 1.82) is 0 Å². The standard InChI is InChI=1S/C25H24N6O4S2/c1-4-30-23(33)18(31(25(30)36)13-19-24(34)35-28-29(19)3)12-21(32)26-16-8-6-15(7-9-16)22-27-17-10-5-14(2)11-20(17)37-22/h5-11,18H,4,12-13H2,1-3H3,(H-,26,27,28,32,34). The summed E-state index contributed by atoms with van der Waals surface area (Å²) in [6.07, 6.45) is -0.127. The Labute approximate surface area is 222 Å². The summed E-state index contributed by atoms with van der Waals surface area (Å²) >= 11 is 7.10. The molecule has 0 saturated carbocycles. The van der Waals surface area contributed by atoms with Crippen LogP contribution in [0, 0.1) is 6.92 Å². The zero-order chi connectivity index (χ0) is 26.3. The highest BCUT2D eigenvalue weighted by atomic mass is 32.1. The van der Waals surface area contributed by atoms with Crippen LogP contribution in [0.4, 0.5) is 5.69 Å². The molecular formula is C25H24N6O4S2. The summed E-state index contributed by atoms with van der Waals surface area (Å²) in [5.41, 5.74) is 3.93. The van der Waals surface area contributed by atoms with Crippen LogP contribution in [0.15, 0.2) is 47.0 Å². The molecule has 5 rings (SSSR count). The number of rotatable bonds is 7. The summed E-state index contributed by atoms with van der Waals surface area (Å²) in [7, 11) is 1.57. The lowest BCUT2D eigenvalue weighted by Crippen LogP contribution is -2.42. The first kappa shape index (κ1) is 24.8. The molecule has 2 aromatic heterocycles. The van der Waals surface area contributed by atoms with Gasteiger partial charge in [0.15, 0.2) is 18.1 Å². The average molecular weight is 537 g/mol. The van der Waals surface area contributed by atoms with Gasteiger partial charge in [-0.2, -0.15) is 0 Å². The minimum absolute atomic E-state index is 0.00818. The van der Waals surface area contributed by atoms with Gasteiger partial charge in [0.2, 0.25) is 5.91 Å². The Bertz CT molecular complexity index is 1490. The van der Waals surface area contributed by atoms with Crippen LogP contribution in [-0.2, 0) is 23.2 Å². The van der Waals surface area contributed by atoms with Gasteiger partial charge in [-0.25, -0.2) is 4.98 Å². The van der Waals surface area contributed by atoms with Crippen LogP contribution in [0.1, 0.15) is 24.6 Å². The highest BCUT2D eigenvalue weighted by molar-refractivity contribution is 7.80. The fourth-order valence-corrected chi connectivity index (χ4v) is 5.74. The summed E-state index contributed by atoms with van der Waals surface area (Å²) in [6.45, 7) is 4.22. The number of aryl methyl sites for hydroxylation is 2. The number of anilines is 1. The second kappa shape index (κ2) is 9.87. The molecule has 12 heteroatoms. The molecule has 1 aliphatic heterocycles. The lowest BCUT2D eigenvalue weighted by Gasteiger charge is -2.22. The maximum absolute atomic E-state index is 13.0. The highest BCUT2D eigenvalue weighted by Crippen LogP contribution is 2.31. The summed E-state index contributed by atoms with van der Waals surface area (Å²) in [6, 6.07) is 12.8. The van der Waals surface area contributed by atoms with Crippen LogP contribution >= 0.6 is 23.6 Å². The first-order chi connectivity index (χ1) is 17.7. The van der Waals surface area contributed by atoms with E-state index in [0.29, 0.717) is 12.2 Å². The molecule has 37 heavy (non-hydrogen) atoms. The third-order valence-electron chi connectivity index (χ3n) is 6.25. The molecule has 1 saturated heterocycles. The Morgan fingerprint density at radius 3 is 2.70 bits per heavy atom. The highest BCUT2D eigenvalue weighted by Gasteiger charge is 2.44. The summed E-state index contributed by atoms with van der Waals surface area (Å²) < 4.78 is 7.11. The smallest absolute Gasteiger partial charge is 0.252 e. The van der Waals surface area contributed by atoms with Gasteiger partial charge in [0, 0.05) is 17.8 Å². The number of thiocarbonyl (C=S) groups is 1. The molecule has 1 fully saturated rings. The Morgan fingerprint density at radius 2 is 2.03 bits per heavy atom. The van der Waals surface area contributed by atoms with Gasteiger partial charge >= 0.3 is 0 Å². The number of carbonyl (C=O) groups excluding carboxylic acids is 2.